The third-order valence-corrected chi connectivity index (χ3v) is 4.27. The molecule has 1 fully saturated rings. The molecule has 0 aromatic carbocycles. The zero-order valence-corrected chi connectivity index (χ0v) is 11.5. The van der Waals surface area contributed by atoms with E-state index in [4.69, 9.17) is 15.0 Å². The molecule has 1 aliphatic carbocycles. The fraction of sp³-hybridized carbons (Fsp3) is 0.846. The van der Waals surface area contributed by atoms with E-state index in [1.54, 1.807) is 7.11 Å². The van der Waals surface area contributed by atoms with Gasteiger partial charge in [0.1, 0.15) is 5.60 Å². The first kappa shape index (κ1) is 13.5. The minimum atomic E-state index is -0.426. The Kier molecular flexibility index (Phi) is 4.02. The molecule has 5 heteroatoms. The number of methoxy groups -OCH3 is 1. The standard InChI is InChI=1S/C13H23N3O2/c1-4-13(5-2,17-3)12-15-11(18-16-12)9-7-6-8-10(9)14/h9-10H,4-8,14H2,1-3H3. The van der Waals surface area contributed by atoms with E-state index in [-0.39, 0.29) is 12.0 Å². The van der Waals surface area contributed by atoms with Crippen molar-refractivity contribution in [3.8, 4) is 0 Å². The first-order valence-corrected chi connectivity index (χ1v) is 6.81. The van der Waals surface area contributed by atoms with E-state index in [2.05, 4.69) is 24.0 Å². The molecule has 1 aromatic rings. The smallest absolute Gasteiger partial charge is 0.231 e. The number of nitrogens with zero attached hydrogens (tertiary/aromatic N) is 2. The highest BCUT2D eigenvalue weighted by molar-refractivity contribution is 5.06. The molecule has 0 saturated heterocycles. The summed E-state index contributed by atoms with van der Waals surface area (Å²) in [7, 11) is 1.70. The van der Waals surface area contributed by atoms with Gasteiger partial charge in [0, 0.05) is 13.2 Å². The van der Waals surface area contributed by atoms with Crippen molar-refractivity contribution in [2.24, 2.45) is 5.73 Å². The zero-order chi connectivity index (χ0) is 13.2. The summed E-state index contributed by atoms with van der Waals surface area (Å²) in [5.41, 5.74) is 5.64. The molecular weight excluding hydrogens is 230 g/mol. The third kappa shape index (κ3) is 2.17. The van der Waals surface area contributed by atoms with Gasteiger partial charge in [0.25, 0.3) is 0 Å². The first-order valence-electron chi connectivity index (χ1n) is 6.81. The van der Waals surface area contributed by atoms with Crippen LogP contribution in [0.15, 0.2) is 4.52 Å². The van der Waals surface area contributed by atoms with Gasteiger partial charge in [-0.2, -0.15) is 4.98 Å². The van der Waals surface area contributed by atoms with Crippen molar-refractivity contribution in [3.63, 3.8) is 0 Å². The highest BCUT2D eigenvalue weighted by Crippen LogP contribution is 2.35. The molecule has 0 bridgehead atoms. The Morgan fingerprint density at radius 1 is 1.39 bits per heavy atom. The van der Waals surface area contributed by atoms with Crippen LogP contribution in [-0.2, 0) is 10.3 Å². The molecule has 1 saturated carbocycles. The lowest BCUT2D eigenvalue weighted by Crippen LogP contribution is -2.28. The van der Waals surface area contributed by atoms with Crippen LogP contribution in [0.4, 0.5) is 0 Å². The number of ether oxygens (including phenoxy) is 1. The molecule has 2 rings (SSSR count). The van der Waals surface area contributed by atoms with Crippen LogP contribution in [0.5, 0.6) is 0 Å². The molecular formula is C13H23N3O2. The van der Waals surface area contributed by atoms with Crippen molar-refractivity contribution in [1.82, 2.24) is 10.1 Å². The normalized spacial score (nSPS) is 24.7. The number of nitrogens with two attached hydrogens (primary N) is 1. The van der Waals surface area contributed by atoms with Crippen molar-refractivity contribution in [3.05, 3.63) is 11.7 Å². The summed E-state index contributed by atoms with van der Waals surface area (Å²) >= 11 is 0. The molecule has 102 valence electrons. The molecule has 0 amide bonds. The van der Waals surface area contributed by atoms with Gasteiger partial charge in [0.15, 0.2) is 0 Å². The lowest BCUT2D eigenvalue weighted by molar-refractivity contribution is -0.0306. The number of rotatable bonds is 5. The van der Waals surface area contributed by atoms with E-state index >= 15 is 0 Å². The van der Waals surface area contributed by atoms with Gasteiger partial charge in [-0.3, -0.25) is 0 Å². The SMILES string of the molecule is CCC(CC)(OC)c1noc(C2CCCC2N)n1. The Hall–Kier alpha value is -0.940. The van der Waals surface area contributed by atoms with E-state index < -0.39 is 5.60 Å². The summed E-state index contributed by atoms with van der Waals surface area (Å²) in [6, 6.07) is 0.151. The van der Waals surface area contributed by atoms with Crippen LogP contribution in [0.25, 0.3) is 0 Å². The van der Waals surface area contributed by atoms with Crippen LogP contribution in [-0.4, -0.2) is 23.3 Å². The molecule has 0 radical (unpaired) electrons. The number of aromatic nitrogens is 2. The van der Waals surface area contributed by atoms with Crippen molar-refractivity contribution in [1.29, 1.82) is 0 Å². The van der Waals surface area contributed by atoms with E-state index in [1.165, 1.54) is 0 Å². The molecule has 0 aliphatic heterocycles. The van der Waals surface area contributed by atoms with Crippen molar-refractivity contribution in [2.75, 3.05) is 7.11 Å². The second-order valence-electron chi connectivity index (χ2n) is 5.06. The molecule has 2 unspecified atom stereocenters. The van der Waals surface area contributed by atoms with Gasteiger partial charge in [0.05, 0.1) is 5.92 Å². The topological polar surface area (TPSA) is 74.2 Å². The molecule has 1 aromatic heterocycles. The maximum absolute atomic E-state index is 6.07. The van der Waals surface area contributed by atoms with E-state index in [0.717, 1.165) is 32.1 Å². The van der Waals surface area contributed by atoms with E-state index in [9.17, 15) is 0 Å². The van der Waals surface area contributed by atoms with Crippen molar-refractivity contribution >= 4 is 0 Å². The summed E-state index contributed by atoms with van der Waals surface area (Å²) in [5.74, 6) is 1.55. The highest BCUT2D eigenvalue weighted by atomic mass is 16.5. The second kappa shape index (κ2) is 5.36. The van der Waals surface area contributed by atoms with Crippen LogP contribution in [0, 0.1) is 0 Å². The zero-order valence-electron chi connectivity index (χ0n) is 11.5. The summed E-state index contributed by atoms with van der Waals surface area (Å²) in [6.45, 7) is 4.15. The minimum absolute atomic E-state index is 0.151. The molecule has 2 atom stereocenters. The van der Waals surface area contributed by atoms with Gasteiger partial charge >= 0.3 is 0 Å². The van der Waals surface area contributed by atoms with E-state index in [1.807, 2.05) is 0 Å². The van der Waals surface area contributed by atoms with Gasteiger partial charge in [-0.15, -0.1) is 0 Å². The molecule has 0 spiro atoms. The maximum atomic E-state index is 6.07. The van der Waals surface area contributed by atoms with Gasteiger partial charge in [-0.25, -0.2) is 0 Å². The molecule has 2 N–H and O–H groups in total. The summed E-state index contributed by atoms with van der Waals surface area (Å²) in [6.07, 6.45) is 4.88. The fourth-order valence-corrected chi connectivity index (χ4v) is 2.81. The predicted octanol–water partition coefficient (Wildman–Crippen LogP) is 2.33. The first-order chi connectivity index (χ1) is 8.66. The van der Waals surface area contributed by atoms with Crippen LogP contribution in [0.1, 0.15) is 63.6 Å². The quantitative estimate of drug-likeness (QED) is 0.871. The van der Waals surface area contributed by atoms with Crippen LogP contribution in [0.3, 0.4) is 0 Å². The van der Waals surface area contributed by atoms with Crippen LogP contribution >= 0.6 is 0 Å². The number of hydrogen-bond donors (Lipinski definition) is 1. The predicted molar refractivity (Wildman–Crippen MR) is 68.1 cm³/mol. The van der Waals surface area contributed by atoms with Crippen molar-refractivity contribution < 1.29 is 9.26 Å². The second-order valence-corrected chi connectivity index (χ2v) is 5.06. The largest absolute Gasteiger partial charge is 0.370 e. The molecule has 1 aliphatic rings. The Morgan fingerprint density at radius 2 is 2.11 bits per heavy atom. The summed E-state index contributed by atoms with van der Waals surface area (Å²) in [5, 5.41) is 4.11. The van der Waals surface area contributed by atoms with E-state index in [0.29, 0.717) is 11.7 Å². The van der Waals surface area contributed by atoms with Crippen LogP contribution in [0.2, 0.25) is 0 Å². The van der Waals surface area contributed by atoms with Gasteiger partial charge in [-0.05, 0) is 25.7 Å². The Morgan fingerprint density at radius 3 is 2.61 bits per heavy atom. The molecule has 5 nitrogen and oxygen atoms in total. The molecule has 18 heavy (non-hydrogen) atoms. The highest BCUT2D eigenvalue weighted by Gasteiger charge is 2.36. The minimum Gasteiger partial charge on any atom is -0.370 e. The Balaban J connectivity index is 2.24. The van der Waals surface area contributed by atoms with Crippen LogP contribution < -0.4 is 5.73 Å². The lowest BCUT2D eigenvalue weighted by Gasteiger charge is -2.26. The average Bonchev–Trinajstić information content (AvgIpc) is 3.01. The number of hydrogen-bond acceptors (Lipinski definition) is 5. The summed E-state index contributed by atoms with van der Waals surface area (Å²) in [4.78, 5) is 4.54. The third-order valence-electron chi connectivity index (χ3n) is 4.27. The maximum Gasteiger partial charge on any atom is 0.231 e. The van der Waals surface area contributed by atoms with Gasteiger partial charge in [-0.1, -0.05) is 25.4 Å². The van der Waals surface area contributed by atoms with Gasteiger partial charge in [0.2, 0.25) is 11.7 Å². The monoisotopic (exact) mass is 253 g/mol. The fourth-order valence-electron chi connectivity index (χ4n) is 2.81. The Bertz CT molecular complexity index is 379. The van der Waals surface area contributed by atoms with Crippen molar-refractivity contribution in [2.45, 2.75) is 63.5 Å². The summed E-state index contributed by atoms with van der Waals surface area (Å²) < 4.78 is 11.0. The Labute approximate surface area is 108 Å². The molecule has 1 heterocycles. The van der Waals surface area contributed by atoms with Gasteiger partial charge < -0.3 is 15.0 Å². The average molecular weight is 253 g/mol. The lowest BCUT2D eigenvalue weighted by atomic mass is 9.96.